The van der Waals surface area contributed by atoms with Gasteiger partial charge >= 0.3 is 6.18 Å². The van der Waals surface area contributed by atoms with E-state index in [1.54, 1.807) is 19.0 Å². The van der Waals surface area contributed by atoms with E-state index >= 15 is 0 Å². The average molecular weight is 401 g/mol. The predicted octanol–water partition coefficient (Wildman–Crippen LogP) is 2.79. The van der Waals surface area contributed by atoms with Gasteiger partial charge in [0.1, 0.15) is 17.0 Å². The van der Waals surface area contributed by atoms with E-state index < -0.39 is 12.6 Å². The Hall–Kier alpha value is -1.94. The van der Waals surface area contributed by atoms with Gasteiger partial charge in [0.05, 0.1) is 11.8 Å². The van der Waals surface area contributed by atoms with Crippen LogP contribution in [0.5, 0.6) is 0 Å². The molecule has 0 aliphatic heterocycles. The quantitative estimate of drug-likeness (QED) is 0.823. The van der Waals surface area contributed by atoms with Crippen molar-refractivity contribution in [3.05, 3.63) is 17.3 Å². The van der Waals surface area contributed by atoms with E-state index in [9.17, 15) is 18.0 Å². The van der Waals surface area contributed by atoms with E-state index in [2.05, 4.69) is 15.3 Å². The zero-order valence-electron chi connectivity index (χ0n) is 15.1. The van der Waals surface area contributed by atoms with Crippen LogP contribution in [0.4, 0.5) is 19.0 Å². The van der Waals surface area contributed by atoms with Crippen LogP contribution in [0, 0.1) is 5.92 Å². The van der Waals surface area contributed by atoms with E-state index in [-0.39, 0.29) is 28.8 Å². The smallest absolute Gasteiger partial charge is 0.367 e. The van der Waals surface area contributed by atoms with Crippen molar-refractivity contribution < 1.29 is 18.0 Å². The van der Waals surface area contributed by atoms with Crippen molar-refractivity contribution >= 4 is 33.3 Å². The molecule has 0 saturated heterocycles. The zero-order valence-corrected chi connectivity index (χ0v) is 15.9. The summed E-state index contributed by atoms with van der Waals surface area (Å²) in [5, 5.41) is 3.84. The third-order valence-electron chi connectivity index (χ3n) is 4.63. The van der Waals surface area contributed by atoms with Crippen LogP contribution in [0.25, 0.3) is 10.2 Å². The lowest BCUT2D eigenvalue weighted by Gasteiger charge is -2.34. The van der Waals surface area contributed by atoms with Gasteiger partial charge in [0.2, 0.25) is 5.91 Å². The first-order chi connectivity index (χ1) is 12.6. The molecule has 10 heteroatoms. The summed E-state index contributed by atoms with van der Waals surface area (Å²) in [7, 11) is 3.43. The van der Waals surface area contributed by atoms with Crippen LogP contribution < -0.4 is 11.1 Å². The summed E-state index contributed by atoms with van der Waals surface area (Å²) in [6, 6.07) is 1.29. The molecule has 0 spiro atoms. The van der Waals surface area contributed by atoms with Gasteiger partial charge in [-0.1, -0.05) is 0 Å². The molecule has 1 saturated carbocycles. The third kappa shape index (κ3) is 4.86. The second-order valence-electron chi connectivity index (χ2n) is 7.18. The number of nitrogens with two attached hydrogens (primary N) is 1. The number of halogens is 3. The number of alkyl halides is 3. The van der Waals surface area contributed by atoms with Gasteiger partial charge < -0.3 is 16.0 Å². The number of carbonyl (C=O) groups is 1. The Bertz CT molecular complexity index is 822. The van der Waals surface area contributed by atoms with Gasteiger partial charge in [-0.05, 0) is 25.3 Å². The van der Waals surface area contributed by atoms with Gasteiger partial charge in [-0.3, -0.25) is 4.79 Å². The molecule has 27 heavy (non-hydrogen) atoms. The number of fused-ring (bicyclic) bond motifs is 1. The van der Waals surface area contributed by atoms with Crippen LogP contribution >= 0.6 is 11.3 Å². The summed E-state index contributed by atoms with van der Waals surface area (Å²) in [4.78, 5) is 22.9. The van der Waals surface area contributed by atoms with E-state index in [4.69, 9.17) is 5.73 Å². The van der Waals surface area contributed by atoms with E-state index in [1.807, 2.05) is 0 Å². The first-order valence-electron chi connectivity index (χ1n) is 8.66. The minimum Gasteiger partial charge on any atom is -0.367 e. The summed E-state index contributed by atoms with van der Waals surface area (Å²) >= 11 is 1.01. The number of nitrogens with zero attached hydrogens (tertiary/aromatic N) is 3. The van der Waals surface area contributed by atoms with Crippen LogP contribution in [0.1, 0.15) is 24.1 Å². The van der Waals surface area contributed by atoms with Crippen LogP contribution in [0.15, 0.2) is 12.4 Å². The number of aromatic nitrogens is 2. The maximum absolute atomic E-state index is 12.7. The molecule has 0 radical (unpaired) electrons. The topological polar surface area (TPSA) is 84.1 Å². The number of carbonyl (C=O) groups excluding carboxylic acids is 1. The number of nitrogens with one attached hydrogen (secondary N) is 1. The minimum absolute atomic E-state index is 0.0350. The highest BCUT2D eigenvalue weighted by Crippen LogP contribution is 2.34. The number of amides is 1. The zero-order chi connectivity index (χ0) is 19.8. The first kappa shape index (κ1) is 19.8. The Balaban J connectivity index is 1.80. The molecule has 3 rings (SSSR count). The van der Waals surface area contributed by atoms with Crippen LogP contribution in [0.3, 0.4) is 0 Å². The molecule has 148 valence electrons. The van der Waals surface area contributed by atoms with Crippen molar-refractivity contribution in [2.75, 3.05) is 19.4 Å². The Morgan fingerprint density at radius 3 is 2.74 bits per heavy atom. The molecular formula is C17H22F3N5OS. The summed E-state index contributed by atoms with van der Waals surface area (Å²) in [5.74, 6) is 0.342. The highest BCUT2D eigenvalue weighted by Gasteiger charge is 2.33. The number of hydrogen-bond acceptors (Lipinski definition) is 6. The molecule has 0 aromatic carbocycles. The Labute approximate surface area is 159 Å². The van der Waals surface area contributed by atoms with Crippen molar-refractivity contribution in [1.82, 2.24) is 14.9 Å². The van der Waals surface area contributed by atoms with Gasteiger partial charge in [0, 0.05) is 37.0 Å². The van der Waals surface area contributed by atoms with Gasteiger partial charge in [0.25, 0.3) is 0 Å². The Morgan fingerprint density at radius 1 is 1.33 bits per heavy atom. The average Bonchev–Trinajstić information content (AvgIpc) is 2.94. The van der Waals surface area contributed by atoms with Crippen LogP contribution in [-0.4, -0.2) is 53.1 Å². The SMILES string of the molecule is CN(C)C(=O)[C@@H]1C[C@H](N)C[C@H](Nc2ncnc3sc(CC(F)(F)F)cc23)C1. The number of rotatable bonds is 4. The molecule has 2 aromatic heterocycles. The van der Waals surface area contributed by atoms with Gasteiger partial charge in [-0.2, -0.15) is 13.2 Å². The summed E-state index contributed by atoms with van der Waals surface area (Å²) in [6.45, 7) is 0. The molecule has 6 nitrogen and oxygen atoms in total. The van der Waals surface area contributed by atoms with E-state index in [0.717, 1.165) is 11.3 Å². The van der Waals surface area contributed by atoms with Gasteiger partial charge in [-0.25, -0.2) is 9.97 Å². The molecule has 1 amide bonds. The lowest BCUT2D eigenvalue weighted by atomic mass is 9.82. The molecule has 1 aliphatic carbocycles. The van der Waals surface area contributed by atoms with Crippen molar-refractivity contribution in [1.29, 1.82) is 0 Å². The maximum Gasteiger partial charge on any atom is 0.393 e. The highest BCUT2D eigenvalue weighted by molar-refractivity contribution is 7.18. The van der Waals surface area contributed by atoms with Crippen LogP contribution in [-0.2, 0) is 11.2 Å². The molecular weight excluding hydrogens is 379 g/mol. The predicted molar refractivity (Wildman–Crippen MR) is 98.6 cm³/mol. The Kier molecular flexibility index (Phi) is 5.57. The Morgan fingerprint density at radius 2 is 2.07 bits per heavy atom. The normalized spacial score (nSPS) is 23.4. The molecule has 0 unspecified atom stereocenters. The van der Waals surface area contributed by atoms with Crippen molar-refractivity contribution in [3.63, 3.8) is 0 Å². The van der Waals surface area contributed by atoms with E-state index in [0.29, 0.717) is 35.3 Å². The minimum atomic E-state index is -4.27. The lowest BCUT2D eigenvalue weighted by molar-refractivity contribution is -0.134. The first-order valence-corrected chi connectivity index (χ1v) is 9.47. The summed E-state index contributed by atoms with van der Waals surface area (Å²) < 4.78 is 38.0. The fraction of sp³-hybridized carbons (Fsp3) is 0.588. The summed E-state index contributed by atoms with van der Waals surface area (Å²) in [5.41, 5.74) is 6.13. The number of anilines is 1. The molecule has 0 bridgehead atoms. The van der Waals surface area contributed by atoms with Crippen LogP contribution in [0.2, 0.25) is 0 Å². The lowest BCUT2D eigenvalue weighted by Crippen LogP contribution is -2.44. The number of thiophene rings is 1. The molecule has 1 fully saturated rings. The fourth-order valence-electron chi connectivity index (χ4n) is 3.55. The maximum atomic E-state index is 12.7. The second kappa shape index (κ2) is 7.59. The molecule has 2 aromatic rings. The monoisotopic (exact) mass is 401 g/mol. The standard InChI is InChI=1S/C17H22F3N5OS/c1-25(2)16(26)9-3-10(21)5-11(4-9)24-14-13-6-12(7-17(18,19)20)27-15(13)23-8-22-14/h6,8-11H,3-5,7,21H2,1-2H3,(H,22,23,24)/t9-,10+,11-/m1/s1. The van der Waals surface area contributed by atoms with E-state index in [1.165, 1.54) is 12.4 Å². The van der Waals surface area contributed by atoms with Gasteiger partial charge in [-0.15, -0.1) is 11.3 Å². The highest BCUT2D eigenvalue weighted by atomic mass is 32.1. The molecule has 3 atom stereocenters. The summed E-state index contributed by atoms with van der Waals surface area (Å²) in [6.07, 6.45) is -2.01. The second-order valence-corrected chi connectivity index (χ2v) is 8.30. The fourth-order valence-corrected chi connectivity index (χ4v) is 4.57. The van der Waals surface area contributed by atoms with Crippen molar-refractivity contribution in [3.8, 4) is 0 Å². The van der Waals surface area contributed by atoms with Crippen molar-refractivity contribution in [2.24, 2.45) is 11.7 Å². The molecule has 1 aliphatic rings. The molecule has 2 heterocycles. The largest absolute Gasteiger partial charge is 0.393 e. The third-order valence-corrected chi connectivity index (χ3v) is 5.67. The number of hydrogen-bond donors (Lipinski definition) is 2. The van der Waals surface area contributed by atoms with Gasteiger partial charge in [0.15, 0.2) is 0 Å². The molecule has 3 N–H and O–H groups in total. The van der Waals surface area contributed by atoms with Crippen molar-refractivity contribution in [2.45, 2.75) is 43.9 Å².